The molecule has 0 aliphatic carbocycles. The molecule has 1 saturated heterocycles. The first-order valence-electron chi connectivity index (χ1n) is 9.98. The van der Waals surface area contributed by atoms with Gasteiger partial charge in [0.2, 0.25) is 0 Å². The number of ether oxygens (including phenoxy) is 1. The molecule has 0 saturated carbocycles. The Kier molecular flexibility index (Phi) is 7.20. The van der Waals surface area contributed by atoms with Crippen LogP contribution in [0.4, 0.5) is 10.5 Å². The standard InChI is InChI=1S/C23H28N2O3S/c1-3-28-21(26)23(16-18-10-5-4-6-11-18)14-9-15-25(17-23)22(27)24-19-12-7-8-13-20(19)29-2/h4-8,10-13H,3,9,14-17H2,1-2H3,(H,24,27). The highest BCUT2D eigenvalue weighted by Crippen LogP contribution is 2.36. The largest absolute Gasteiger partial charge is 0.466 e. The van der Waals surface area contributed by atoms with Crippen LogP contribution in [0.5, 0.6) is 0 Å². The van der Waals surface area contributed by atoms with Crippen LogP contribution in [0.3, 0.4) is 0 Å². The Balaban J connectivity index is 1.80. The number of thioether (sulfide) groups is 1. The van der Waals surface area contributed by atoms with Crippen LogP contribution in [0, 0.1) is 5.41 Å². The molecule has 2 aromatic rings. The van der Waals surface area contributed by atoms with E-state index in [-0.39, 0.29) is 12.0 Å². The van der Waals surface area contributed by atoms with Crippen LogP contribution in [-0.4, -0.2) is 42.9 Å². The van der Waals surface area contributed by atoms with Gasteiger partial charge in [0.1, 0.15) is 0 Å². The quantitative estimate of drug-likeness (QED) is 0.545. The van der Waals surface area contributed by atoms with Crippen LogP contribution in [0.25, 0.3) is 0 Å². The molecule has 1 fully saturated rings. The number of rotatable bonds is 6. The SMILES string of the molecule is CCOC(=O)C1(Cc2ccccc2)CCCN(C(=O)Nc2ccccc2SC)C1. The molecule has 154 valence electrons. The highest BCUT2D eigenvalue weighted by Gasteiger charge is 2.44. The molecule has 1 atom stereocenters. The fraction of sp³-hybridized carbons (Fsp3) is 0.391. The summed E-state index contributed by atoms with van der Waals surface area (Å²) in [4.78, 5) is 28.7. The number of carbonyl (C=O) groups excluding carboxylic acids is 2. The number of nitrogens with one attached hydrogen (secondary N) is 1. The first-order chi connectivity index (χ1) is 14.1. The lowest BCUT2D eigenvalue weighted by Crippen LogP contribution is -2.52. The second-order valence-electron chi connectivity index (χ2n) is 7.32. The van der Waals surface area contributed by atoms with Gasteiger partial charge in [-0.3, -0.25) is 4.79 Å². The maximum Gasteiger partial charge on any atom is 0.321 e. The van der Waals surface area contributed by atoms with E-state index in [0.29, 0.717) is 32.5 Å². The van der Waals surface area contributed by atoms with Crippen molar-refractivity contribution in [3.8, 4) is 0 Å². The number of carbonyl (C=O) groups is 2. The summed E-state index contributed by atoms with van der Waals surface area (Å²) in [6.45, 7) is 3.14. The minimum Gasteiger partial charge on any atom is -0.466 e. The van der Waals surface area contributed by atoms with Gasteiger partial charge in [0.25, 0.3) is 0 Å². The van der Waals surface area contributed by atoms with Crippen molar-refractivity contribution in [2.75, 3.05) is 31.3 Å². The molecule has 5 nitrogen and oxygen atoms in total. The number of nitrogens with zero attached hydrogens (tertiary/aromatic N) is 1. The average molecular weight is 413 g/mol. The summed E-state index contributed by atoms with van der Waals surface area (Å²) in [5.41, 5.74) is 1.15. The molecule has 2 amide bonds. The summed E-state index contributed by atoms with van der Waals surface area (Å²) in [6, 6.07) is 17.5. The molecule has 0 aromatic heterocycles. The molecule has 0 bridgehead atoms. The van der Waals surface area contributed by atoms with Crippen LogP contribution in [0.1, 0.15) is 25.3 Å². The fourth-order valence-corrected chi connectivity index (χ4v) is 4.45. The smallest absolute Gasteiger partial charge is 0.321 e. The van der Waals surface area contributed by atoms with E-state index in [4.69, 9.17) is 4.74 Å². The maximum atomic E-state index is 13.0. The topological polar surface area (TPSA) is 58.6 Å². The number of hydrogen-bond acceptors (Lipinski definition) is 4. The first-order valence-corrected chi connectivity index (χ1v) is 11.2. The number of para-hydroxylation sites is 1. The van der Waals surface area contributed by atoms with Crippen LogP contribution >= 0.6 is 11.8 Å². The van der Waals surface area contributed by atoms with E-state index >= 15 is 0 Å². The summed E-state index contributed by atoms with van der Waals surface area (Å²) in [7, 11) is 0. The van der Waals surface area contributed by atoms with Crippen molar-refractivity contribution in [1.82, 2.24) is 4.90 Å². The van der Waals surface area contributed by atoms with E-state index in [1.54, 1.807) is 16.7 Å². The Morgan fingerprint density at radius 3 is 2.59 bits per heavy atom. The third-order valence-corrected chi connectivity index (χ3v) is 6.10. The Hall–Kier alpha value is -2.47. The Bertz CT molecular complexity index is 843. The van der Waals surface area contributed by atoms with Gasteiger partial charge in [-0.1, -0.05) is 42.5 Å². The molecule has 3 rings (SSSR count). The number of urea groups is 1. The number of anilines is 1. The lowest BCUT2D eigenvalue weighted by Gasteiger charge is -2.41. The van der Waals surface area contributed by atoms with Crippen molar-refractivity contribution in [1.29, 1.82) is 0 Å². The van der Waals surface area contributed by atoms with Gasteiger partial charge in [0.05, 0.1) is 17.7 Å². The number of benzene rings is 2. The lowest BCUT2D eigenvalue weighted by atomic mass is 9.75. The first kappa shape index (κ1) is 21.2. The van der Waals surface area contributed by atoms with Crippen molar-refractivity contribution >= 4 is 29.4 Å². The van der Waals surface area contributed by atoms with Crippen LogP contribution < -0.4 is 5.32 Å². The number of piperidine rings is 1. The predicted molar refractivity (Wildman–Crippen MR) is 117 cm³/mol. The van der Waals surface area contributed by atoms with Gasteiger partial charge >= 0.3 is 12.0 Å². The van der Waals surface area contributed by atoms with E-state index in [1.165, 1.54) is 0 Å². The van der Waals surface area contributed by atoms with Crippen molar-refractivity contribution in [2.45, 2.75) is 31.1 Å². The van der Waals surface area contributed by atoms with Gasteiger partial charge in [-0.25, -0.2) is 4.79 Å². The zero-order valence-corrected chi connectivity index (χ0v) is 17.8. The molecule has 1 aliphatic heterocycles. The molecule has 0 radical (unpaired) electrons. The molecule has 1 heterocycles. The molecule has 0 spiro atoms. The maximum absolute atomic E-state index is 13.0. The molecular weight excluding hydrogens is 384 g/mol. The molecule has 1 N–H and O–H groups in total. The minimum absolute atomic E-state index is 0.173. The summed E-state index contributed by atoms with van der Waals surface area (Å²) in [6.07, 6.45) is 4.03. The molecule has 6 heteroatoms. The molecule has 29 heavy (non-hydrogen) atoms. The second kappa shape index (κ2) is 9.83. The number of amides is 2. The predicted octanol–water partition coefficient (Wildman–Crippen LogP) is 4.83. The molecule has 1 unspecified atom stereocenters. The summed E-state index contributed by atoms with van der Waals surface area (Å²) < 4.78 is 5.44. The zero-order valence-electron chi connectivity index (χ0n) is 17.0. The van der Waals surface area contributed by atoms with Crippen LogP contribution in [0.2, 0.25) is 0 Å². The molecular formula is C23H28N2O3S. The van der Waals surface area contributed by atoms with Crippen LogP contribution in [-0.2, 0) is 16.0 Å². The minimum atomic E-state index is -0.716. The third-order valence-electron chi connectivity index (χ3n) is 5.31. The summed E-state index contributed by atoms with van der Waals surface area (Å²) >= 11 is 1.59. The third kappa shape index (κ3) is 5.12. The highest BCUT2D eigenvalue weighted by molar-refractivity contribution is 7.98. The van der Waals surface area contributed by atoms with Crippen molar-refractivity contribution in [3.63, 3.8) is 0 Å². The number of esters is 1. The number of hydrogen-bond donors (Lipinski definition) is 1. The Morgan fingerprint density at radius 1 is 1.14 bits per heavy atom. The van der Waals surface area contributed by atoms with Gasteiger partial charge in [0.15, 0.2) is 0 Å². The average Bonchev–Trinajstić information content (AvgIpc) is 2.75. The van der Waals surface area contributed by atoms with Crippen molar-refractivity contribution in [2.24, 2.45) is 5.41 Å². The molecule has 2 aromatic carbocycles. The van der Waals surface area contributed by atoms with Crippen molar-refractivity contribution < 1.29 is 14.3 Å². The van der Waals surface area contributed by atoms with E-state index < -0.39 is 5.41 Å². The van der Waals surface area contributed by atoms with E-state index in [9.17, 15) is 9.59 Å². The normalized spacial score (nSPS) is 18.9. The lowest BCUT2D eigenvalue weighted by molar-refractivity contribution is -0.158. The zero-order chi connectivity index (χ0) is 20.7. The summed E-state index contributed by atoms with van der Waals surface area (Å²) in [5, 5.41) is 3.02. The Morgan fingerprint density at radius 2 is 1.86 bits per heavy atom. The van der Waals surface area contributed by atoms with E-state index in [2.05, 4.69) is 5.32 Å². The van der Waals surface area contributed by atoms with Gasteiger partial charge in [-0.2, -0.15) is 0 Å². The highest BCUT2D eigenvalue weighted by atomic mass is 32.2. The van der Waals surface area contributed by atoms with Gasteiger partial charge in [-0.05, 0) is 50.1 Å². The van der Waals surface area contributed by atoms with Gasteiger partial charge < -0.3 is 15.0 Å². The number of likely N-dealkylation sites (tertiary alicyclic amines) is 1. The second-order valence-corrected chi connectivity index (χ2v) is 8.17. The van der Waals surface area contributed by atoms with E-state index in [1.807, 2.05) is 67.8 Å². The Labute approximate surface area is 176 Å². The van der Waals surface area contributed by atoms with Gasteiger partial charge in [0, 0.05) is 18.0 Å². The summed E-state index contributed by atoms with van der Waals surface area (Å²) in [5.74, 6) is -0.217. The van der Waals surface area contributed by atoms with Crippen LogP contribution in [0.15, 0.2) is 59.5 Å². The molecule has 1 aliphatic rings. The van der Waals surface area contributed by atoms with Gasteiger partial charge in [-0.15, -0.1) is 11.8 Å². The monoisotopic (exact) mass is 412 g/mol. The van der Waals surface area contributed by atoms with E-state index in [0.717, 1.165) is 22.6 Å². The fourth-order valence-electron chi connectivity index (χ4n) is 3.90. The van der Waals surface area contributed by atoms with Crippen molar-refractivity contribution in [3.05, 3.63) is 60.2 Å².